The number of thioether (sulfide) groups is 1. The molecule has 0 atom stereocenters. The molecule has 0 aromatic heterocycles. The van der Waals surface area contributed by atoms with Gasteiger partial charge < -0.3 is 10.0 Å². The van der Waals surface area contributed by atoms with Crippen molar-refractivity contribution < 1.29 is 10.0 Å². The summed E-state index contributed by atoms with van der Waals surface area (Å²) in [6.45, 7) is 6.70. The van der Waals surface area contributed by atoms with Crippen LogP contribution >= 0.6 is 11.8 Å². The maximum absolute atomic E-state index is 8.34. The van der Waals surface area contributed by atoms with Crippen LogP contribution in [0.1, 0.15) is 0 Å². The Hall–Kier alpha value is -0.185. The lowest BCUT2D eigenvalue weighted by Crippen LogP contribution is -2.11. The van der Waals surface area contributed by atoms with Gasteiger partial charge in [-0.05, 0) is 5.41 Å². The van der Waals surface area contributed by atoms with Crippen LogP contribution in [0.15, 0.2) is 23.4 Å². The van der Waals surface area contributed by atoms with Crippen molar-refractivity contribution in [2.75, 3.05) is 0 Å². The SMILES string of the molecule is C=CSC(=C)B(O)O. The third kappa shape index (κ3) is 2.90. The highest BCUT2D eigenvalue weighted by molar-refractivity contribution is 8.07. The van der Waals surface area contributed by atoms with Crippen LogP contribution in [0, 0.1) is 0 Å². The van der Waals surface area contributed by atoms with Gasteiger partial charge in [0.15, 0.2) is 0 Å². The van der Waals surface area contributed by atoms with Crippen LogP contribution < -0.4 is 0 Å². The van der Waals surface area contributed by atoms with Crippen molar-refractivity contribution in [1.29, 1.82) is 0 Å². The second-order valence-corrected chi connectivity index (χ2v) is 2.22. The highest BCUT2D eigenvalue weighted by Crippen LogP contribution is 2.13. The Labute approximate surface area is 53.1 Å². The molecule has 0 aliphatic rings. The molecule has 0 amide bonds. The van der Waals surface area contributed by atoms with Gasteiger partial charge in [0, 0.05) is 4.80 Å². The zero-order valence-corrected chi connectivity index (χ0v) is 5.19. The second kappa shape index (κ2) is 3.77. The second-order valence-electron chi connectivity index (χ2n) is 1.12. The molecule has 0 aromatic carbocycles. The van der Waals surface area contributed by atoms with Crippen LogP contribution in [0.4, 0.5) is 0 Å². The van der Waals surface area contributed by atoms with E-state index in [0.29, 0.717) is 4.80 Å². The van der Waals surface area contributed by atoms with Crippen LogP contribution in [-0.4, -0.2) is 17.2 Å². The van der Waals surface area contributed by atoms with E-state index >= 15 is 0 Å². The van der Waals surface area contributed by atoms with E-state index in [9.17, 15) is 0 Å². The standard InChI is InChI=1S/C4H7BO2S/c1-3-8-4(2)5(6)7/h3,6-7H,1-2H2. The molecule has 2 nitrogen and oxygen atoms in total. The normalized spacial score (nSPS) is 8.25. The van der Waals surface area contributed by atoms with E-state index in [-0.39, 0.29) is 0 Å². The van der Waals surface area contributed by atoms with Crippen LogP contribution in [0.25, 0.3) is 0 Å². The molecule has 4 heteroatoms. The zero-order valence-electron chi connectivity index (χ0n) is 4.37. The Morgan fingerprint density at radius 1 is 1.62 bits per heavy atom. The lowest BCUT2D eigenvalue weighted by atomic mass is 9.93. The summed E-state index contributed by atoms with van der Waals surface area (Å²) in [6, 6.07) is 0. The number of hydrogen-bond acceptors (Lipinski definition) is 3. The Kier molecular flexibility index (Phi) is 3.69. The first-order valence-electron chi connectivity index (χ1n) is 2.01. The van der Waals surface area contributed by atoms with Crippen molar-refractivity contribution in [3.8, 4) is 0 Å². The molecule has 44 valence electrons. The molecule has 8 heavy (non-hydrogen) atoms. The average molecular weight is 130 g/mol. The van der Waals surface area contributed by atoms with Crippen LogP contribution in [0.3, 0.4) is 0 Å². The average Bonchev–Trinajstić information content (AvgIpc) is 1.67. The van der Waals surface area contributed by atoms with Crippen LogP contribution in [0.2, 0.25) is 0 Å². The predicted molar refractivity (Wildman–Crippen MR) is 37.1 cm³/mol. The van der Waals surface area contributed by atoms with Gasteiger partial charge in [-0.3, -0.25) is 0 Å². The highest BCUT2D eigenvalue weighted by atomic mass is 32.2. The van der Waals surface area contributed by atoms with E-state index in [1.807, 2.05) is 0 Å². The minimum Gasteiger partial charge on any atom is -0.423 e. The summed E-state index contributed by atoms with van der Waals surface area (Å²) in [5.41, 5.74) is 0. The van der Waals surface area contributed by atoms with Crippen molar-refractivity contribution in [1.82, 2.24) is 0 Å². The molecule has 0 bridgehead atoms. The molecule has 2 N–H and O–H groups in total. The van der Waals surface area contributed by atoms with Crippen molar-refractivity contribution in [3.05, 3.63) is 23.4 Å². The molecule has 0 radical (unpaired) electrons. The van der Waals surface area contributed by atoms with Gasteiger partial charge in [0.2, 0.25) is 0 Å². The summed E-state index contributed by atoms with van der Waals surface area (Å²) in [5.74, 6) is 0. The smallest absolute Gasteiger partial charge is 0.423 e. The topological polar surface area (TPSA) is 40.5 Å². The fourth-order valence-electron chi connectivity index (χ4n) is 0.168. The van der Waals surface area contributed by atoms with Gasteiger partial charge in [-0.2, -0.15) is 0 Å². The molecule has 0 saturated carbocycles. The first kappa shape index (κ1) is 7.81. The van der Waals surface area contributed by atoms with E-state index in [4.69, 9.17) is 10.0 Å². The quantitative estimate of drug-likeness (QED) is 0.543. The molecule has 0 fully saturated rings. The molecule has 0 rings (SSSR count). The minimum absolute atomic E-state index is 0.292. The zero-order chi connectivity index (χ0) is 6.57. The molecular formula is C4H7BO2S. The molecule has 0 aliphatic heterocycles. The minimum atomic E-state index is -1.43. The van der Waals surface area contributed by atoms with Gasteiger partial charge >= 0.3 is 7.12 Å². The summed E-state index contributed by atoms with van der Waals surface area (Å²) in [4.78, 5) is 0.292. The van der Waals surface area contributed by atoms with Crippen LogP contribution in [0.5, 0.6) is 0 Å². The molecule has 0 aliphatic carbocycles. The van der Waals surface area contributed by atoms with Crippen LogP contribution in [-0.2, 0) is 0 Å². The van der Waals surface area contributed by atoms with Crippen molar-refractivity contribution >= 4 is 18.9 Å². The Balaban J connectivity index is 3.48. The molecule has 0 unspecified atom stereocenters. The largest absolute Gasteiger partial charge is 0.494 e. The van der Waals surface area contributed by atoms with Crippen molar-refractivity contribution in [3.63, 3.8) is 0 Å². The lowest BCUT2D eigenvalue weighted by molar-refractivity contribution is 0.423. The van der Waals surface area contributed by atoms with Crippen molar-refractivity contribution in [2.24, 2.45) is 0 Å². The first-order valence-corrected chi connectivity index (χ1v) is 2.89. The summed E-state index contributed by atoms with van der Waals surface area (Å²) < 4.78 is 0. The molecular weight excluding hydrogens is 123 g/mol. The van der Waals surface area contributed by atoms with E-state index in [2.05, 4.69) is 13.2 Å². The third-order valence-corrected chi connectivity index (χ3v) is 1.20. The van der Waals surface area contributed by atoms with Crippen molar-refractivity contribution in [2.45, 2.75) is 0 Å². The van der Waals surface area contributed by atoms with E-state index < -0.39 is 7.12 Å². The Morgan fingerprint density at radius 2 is 2.12 bits per heavy atom. The maximum Gasteiger partial charge on any atom is 0.494 e. The first-order chi connectivity index (χ1) is 3.68. The monoisotopic (exact) mass is 130 g/mol. The van der Waals surface area contributed by atoms with Gasteiger partial charge in [-0.15, -0.1) is 11.8 Å². The molecule has 0 heterocycles. The molecule has 0 spiro atoms. The van der Waals surface area contributed by atoms with E-state index in [1.165, 1.54) is 5.41 Å². The maximum atomic E-state index is 8.34. The molecule has 0 saturated heterocycles. The lowest BCUT2D eigenvalue weighted by Gasteiger charge is -1.95. The summed E-state index contributed by atoms with van der Waals surface area (Å²) >= 11 is 1.11. The predicted octanol–water partition coefficient (Wildman–Crippen LogP) is 0.389. The third-order valence-electron chi connectivity index (χ3n) is 0.523. The summed E-state index contributed by atoms with van der Waals surface area (Å²) in [7, 11) is -1.43. The summed E-state index contributed by atoms with van der Waals surface area (Å²) in [6.07, 6.45) is 0. The van der Waals surface area contributed by atoms with Gasteiger partial charge in [0.1, 0.15) is 0 Å². The number of hydrogen-bond donors (Lipinski definition) is 2. The summed E-state index contributed by atoms with van der Waals surface area (Å²) in [5, 5.41) is 18.2. The molecule has 0 aromatic rings. The van der Waals surface area contributed by atoms with Gasteiger partial charge in [0.25, 0.3) is 0 Å². The van der Waals surface area contributed by atoms with E-state index in [0.717, 1.165) is 11.8 Å². The van der Waals surface area contributed by atoms with Gasteiger partial charge in [-0.25, -0.2) is 0 Å². The number of rotatable bonds is 3. The van der Waals surface area contributed by atoms with Gasteiger partial charge in [-0.1, -0.05) is 13.2 Å². The fraction of sp³-hybridized carbons (Fsp3) is 0. The fourth-order valence-corrected chi connectivity index (χ4v) is 0.504. The van der Waals surface area contributed by atoms with Gasteiger partial charge in [0.05, 0.1) is 0 Å². The Bertz CT molecular complexity index is 102. The highest BCUT2D eigenvalue weighted by Gasteiger charge is 2.09. The Morgan fingerprint density at radius 3 is 2.25 bits per heavy atom. The van der Waals surface area contributed by atoms with E-state index in [1.54, 1.807) is 0 Å².